The van der Waals surface area contributed by atoms with Crippen LogP contribution < -0.4 is 5.01 Å². The summed E-state index contributed by atoms with van der Waals surface area (Å²) in [7, 11) is 3.48. The van der Waals surface area contributed by atoms with Gasteiger partial charge in [0.15, 0.2) is 10.6 Å². The van der Waals surface area contributed by atoms with E-state index in [1.807, 2.05) is 0 Å². The molecule has 0 aliphatic carbocycles. The number of hydrogen-bond acceptors (Lipinski definition) is 2. The van der Waals surface area contributed by atoms with Crippen molar-refractivity contribution < 1.29 is 8.78 Å². The molecule has 2 aromatic rings. The fraction of sp³-hybridized carbons (Fsp3) is 0.222. The highest BCUT2D eigenvalue weighted by Crippen LogP contribution is 2.18. The van der Waals surface area contributed by atoms with E-state index in [2.05, 4.69) is 4.98 Å². The molecule has 1 aromatic heterocycles. The molecule has 0 spiro atoms. The van der Waals surface area contributed by atoms with E-state index < -0.39 is 11.6 Å². The first-order valence-corrected chi connectivity index (χ1v) is 4.69. The summed E-state index contributed by atoms with van der Waals surface area (Å²) in [6, 6.07) is 2.07. The number of aromatic nitrogens is 2. The molecule has 0 aliphatic heterocycles. The molecule has 0 bridgehead atoms. The summed E-state index contributed by atoms with van der Waals surface area (Å²) in [5, 5.41) is 1.65. The highest BCUT2D eigenvalue weighted by molar-refractivity contribution is 7.71. The average molecular weight is 229 g/mol. The molecule has 0 aliphatic rings. The minimum absolute atomic E-state index is 0.218. The summed E-state index contributed by atoms with van der Waals surface area (Å²) in [5.41, 5.74) is 0.609. The molecule has 15 heavy (non-hydrogen) atoms. The smallest absolute Gasteiger partial charge is 0.197 e. The minimum Gasteiger partial charge on any atom is -0.327 e. The van der Waals surface area contributed by atoms with Crippen LogP contribution in [-0.4, -0.2) is 23.8 Å². The number of H-pyrrole nitrogens is 1. The van der Waals surface area contributed by atoms with Crippen molar-refractivity contribution in [3.05, 3.63) is 28.5 Å². The predicted molar refractivity (Wildman–Crippen MR) is 57.1 cm³/mol. The van der Waals surface area contributed by atoms with Crippen LogP contribution in [0.25, 0.3) is 11.0 Å². The Kier molecular flexibility index (Phi) is 2.22. The van der Waals surface area contributed by atoms with Gasteiger partial charge in [0, 0.05) is 26.2 Å². The Morgan fingerprint density at radius 3 is 2.60 bits per heavy atom. The average Bonchev–Trinajstić information content (AvgIpc) is 2.41. The Morgan fingerprint density at radius 2 is 2.00 bits per heavy atom. The maximum absolute atomic E-state index is 13.4. The van der Waals surface area contributed by atoms with Crippen molar-refractivity contribution in [2.75, 3.05) is 19.1 Å². The molecule has 0 saturated carbocycles. The molecule has 0 fully saturated rings. The standard InChI is InChI=1S/C9H9F2N3S/c1-13(2)14-7-4-5(10)3-6(11)8(7)12-9(14)15/h3-4H,1-2H3,(H,12,15). The molecule has 3 nitrogen and oxygen atoms in total. The van der Waals surface area contributed by atoms with Gasteiger partial charge >= 0.3 is 0 Å². The Hall–Kier alpha value is -1.43. The van der Waals surface area contributed by atoms with Gasteiger partial charge in [-0.05, 0) is 12.2 Å². The van der Waals surface area contributed by atoms with Gasteiger partial charge in [-0.15, -0.1) is 0 Å². The zero-order valence-electron chi connectivity index (χ0n) is 8.21. The van der Waals surface area contributed by atoms with Crippen LogP contribution in [0.5, 0.6) is 0 Å². The molecule has 0 amide bonds. The number of imidazole rings is 1. The molecular weight excluding hydrogens is 220 g/mol. The Balaban J connectivity index is 2.93. The molecular formula is C9H9F2N3S. The van der Waals surface area contributed by atoms with Crippen molar-refractivity contribution in [1.82, 2.24) is 9.66 Å². The van der Waals surface area contributed by atoms with E-state index in [1.54, 1.807) is 19.1 Å². The van der Waals surface area contributed by atoms with E-state index in [1.165, 1.54) is 10.7 Å². The van der Waals surface area contributed by atoms with Crippen LogP contribution in [0.2, 0.25) is 0 Å². The van der Waals surface area contributed by atoms with Gasteiger partial charge in [-0.25, -0.2) is 13.5 Å². The fourth-order valence-corrected chi connectivity index (χ4v) is 1.88. The molecule has 2 rings (SSSR count). The van der Waals surface area contributed by atoms with Crippen LogP contribution in [0.3, 0.4) is 0 Å². The second-order valence-corrected chi connectivity index (χ2v) is 3.76. The highest BCUT2D eigenvalue weighted by atomic mass is 32.1. The van der Waals surface area contributed by atoms with Crippen molar-refractivity contribution in [2.45, 2.75) is 0 Å². The third kappa shape index (κ3) is 1.50. The van der Waals surface area contributed by atoms with Crippen molar-refractivity contribution in [1.29, 1.82) is 0 Å². The number of rotatable bonds is 1. The van der Waals surface area contributed by atoms with Crippen molar-refractivity contribution in [2.24, 2.45) is 0 Å². The zero-order valence-corrected chi connectivity index (χ0v) is 9.03. The van der Waals surface area contributed by atoms with Crippen molar-refractivity contribution in [3.63, 3.8) is 0 Å². The van der Waals surface area contributed by atoms with Gasteiger partial charge in [-0.2, -0.15) is 0 Å². The first kappa shape index (κ1) is 10.1. The predicted octanol–water partition coefficient (Wildman–Crippen LogP) is 2.17. The van der Waals surface area contributed by atoms with Crippen LogP contribution in [0.4, 0.5) is 8.78 Å². The number of fused-ring (bicyclic) bond motifs is 1. The molecule has 0 radical (unpaired) electrons. The van der Waals surface area contributed by atoms with Crippen LogP contribution in [-0.2, 0) is 0 Å². The maximum atomic E-state index is 13.4. The van der Waals surface area contributed by atoms with Crippen molar-refractivity contribution in [3.8, 4) is 0 Å². The summed E-state index contributed by atoms with van der Waals surface area (Å²) in [4.78, 5) is 2.70. The first-order valence-electron chi connectivity index (χ1n) is 4.28. The number of nitrogens with one attached hydrogen (secondary N) is 1. The van der Waals surface area contributed by atoms with Gasteiger partial charge in [0.25, 0.3) is 0 Å². The number of aromatic amines is 1. The minimum atomic E-state index is -0.642. The first-order chi connectivity index (χ1) is 7.00. The molecule has 0 unspecified atom stereocenters. The van der Waals surface area contributed by atoms with E-state index in [-0.39, 0.29) is 5.52 Å². The van der Waals surface area contributed by atoms with Gasteiger partial charge in [0.1, 0.15) is 11.3 Å². The molecule has 6 heteroatoms. The summed E-state index contributed by atoms with van der Waals surface area (Å²) >= 11 is 5.01. The van der Waals surface area contributed by atoms with Gasteiger partial charge in [-0.1, -0.05) is 0 Å². The second-order valence-electron chi connectivity index (χ2n) is 3.37. The lowest BCUT2D eigenvalue weighted by molar-refractivity contribution is 0.590. The molecule has 0 saturated heterocycles. The van der Waals surface area contributed by atoms with Gasteiger partial charge in [0.2, 0.25) is 0 Å². The van der Waals surface area contributed by atoms with Crippen LogP contribution >= 0.6 is 12.2 Å². The Bertz CT molecular complexity index is 570. The van der Waals surface area contributed by atoms with E-state index >= 15 is 0 Å². The Labute approximate surface area is 89.9 Å². The van der Waals surface area contributed by atoms with Gasteiger partial charge in [0.05, 0.1) is 5.52 Å². The van der Waals surface area contributed by atoms with Crippen LogP contribution in [0.15, 0.2) is 12.1 Å². The lowest BCUT2D eigenvalue weighted by Gasteiger charge is -2.14. The quantitative estimate of drug-likeness (QED) is 0.758. The number of benzene rings is 1. The summed E-state index contributed by atoms with van der Waals surface area (Å²) in [6.07, 6.45) is 0. The number of nitrogens with zero attached hydrogens (tertiary/aromatic N) is 2. The SMILES string of the molecule is CN(C)n1c(=S)[nH]c2c(F)cc(F)cc21. The lowest BCUT2D eigenvalue weighted by atomic mass is 10.3. The van der Waals surface area contributed by atoms with Gasteiger partial charge in [-0.3, -0.25) is 0 Å². The molecule has 1 heterocycles. The molecule has 1 aromatic carbocycles. The molecule has 0 atom stereocenters. The summed E-state index contributed by atoms with van der Waals surface area (Å²) in [5.74, 6) is -1.26. The van der Waals surface area contributed by atoms with Crippen molar-refractivity contribution >= 4 is 23.3 Å². The lowest BCUT2D eigenvalue weighted by Crippen LogP contribution is -2.24. The van der Waals surface area contributed by atoms with E-state index in [9.17, 15) is 8.78 Å². The molecule has 1 N–H and O–H groups in total. The monoisotopic (exact) mass is 229 g/mol. The van der Waals surface area contributed by atoms with E-state index in [0.29, 0.717) is 10.3 Å². The summed E-state index contributed by atoms with van der Waals surface area (Å²) in [6.45, 7) is 0. The zero-order chi connectivity index (χ0) is 11.2. The maximum Gasteiger partial charge on any atom is 0.197 e. The Morgan fingerprint density at radius 1 is 1.33 bits per heavy atom. The third-order valence-corrected chi connectivity index (χ3v) is 2.36. The number of halogens is 2. The van der Waals surface area contributed by atoms with E-state index in [0.717, 1.165) is 6.07 Å². The fourth-order valence-electron chi connectivity index (χ4n) is 1.52. The van der Waals surface area contributed by atoms with Crippen LogP contribution in [0, 0.1) is 16.4 Å². The second kappa shape index (κ2) is 3.30. The third-order valence-electron chi connectivity index (χ3n) is 2.09. The van der Waals surface area contributed by atoms with E-state index in [4.69, 9.17) is 12.2 Å². The van der Waals surface area contributed by atoms with Crippen LogP contribution in [0.1, 0.15) is 0 Å². The van der Waals surface area contributed by atoms with Gasteiger partial charge < -0.3 is 9.99 Å². The molecule has 80 valence electrons. The topological polar surface area (TPSA) is 24.0 Å². The highest BCUT2D eigenvalue weighted by Gasteiger charge is 2.11. The normalized spacial score (nSPS) is 10.9. The number of hydrogen-bond donors (Lipinski definition) is 1. The summed E-state index contributed by atoms with van der Waals surface area (Å²) < 4.78 is 28.2. The largest absolute Gasteiger partial charge is 0.327 e.